The standard InChI is InChI=1S/C18H18N2O3/c1-10-3-2-4-13(7-10)19-14(21)9-20-17(22)15-11-5-6-12(8-11)16(15)18(20)23/h2-7,11-12,15-16H,8-9H2,1H3,(H,19,21). The molecule has 1 aromatic carbocycles. The van der Waals surface area contributed by atoms with Crippen LogP contribution in [0, 0.1) is 30.6 Å². The van der Waals surface area contributed by atoms with Crippen molar-refractivity contribution in [2.45, 2.75) is 13.3 Å². The first-order valence-corrected chi connectivity index (χ1v) is 7.94. The fourth-order valence-electron chi connectivity index (χ4n) is 4.19. The van der Waals surface area contributed by atoms with Crippen LogP contribution in [0.4, 0.5) is 5.69 Å². The molecule has 4 rings (SSSR count). The predicted octanol–water partition coefficient (Wildman–Crippen LogP) is 1.74. The summed E-state index contributed by atoms with van der Waals surface area (Å²) in [6, 6.07) is 7.43. The second-order valence-electron chi connectivity index (χ2n) is 6.68. The lowest BCUT2D eigenvalue weighted by Crippen LogP contribution is -2.39. The van der Waals surface area contributed by atoms with E-state index < -0.39 is 0 Å². The number of nitrogens with one attached hydrogen (secondary N) is 1. The number of benzene rings is 1. The Labute approximate surface area is 134 Å². The zero-order valence-corrected chi connectivity index (χ0v) is 12.9. The lowest BCUT2D eigenvalue weighted by Gasteiger charge is -2.16. The van der Waals surface area contributed by atoms with Crippen LogP contribution in [0.5, 0.6) is 0 Å². The zero-order valence-electron chi connectivity index (χ0n) is 12.9. The third-order valence-corrected chi connectivity index (χ3v) is 5.17. The van der Waals surface area contributed by atoms with Gasteiger partial charge in [-0.2, -0.15) is 0 Å². The molecule has 4 atom stereocenters. The van der Waals surface area contributed by atoms with Crippen LogP contribution < -0.4 is 5.32 Å². The molecule has 2 fully saturated rings. The van der Waals surface area contributed by atoms with Gasteiger partial charge in [0.15, 0.2) is 0 Å². The number of aryl methyl sites for hydroxylation is 1. The van der Waals surface area contributed by atoms with Crippen molar-refractivity contribution in [1.82, 2.24) is 4.90 Å². The quantitative estimate of drug-likeness (QED) is 0.683. The smallest absolute Gasteiger partial charge is 0.244 e. The van der Waals surface area contributed by atoms with Crippen LogP contribution in [-0.4, -0.2) is 29.2 Å². The third-order valence-electron chi connectivity index (χ3n) is 5.17. The maximum Gasteiger partial charge on any atom is 0.244 e. The van der Waals surface area contributed by atoms with E-state index in [0.29, 0.717) is 5.69 Å². The van der Waals surface area contributed by atoms with Crippen LogP contribution in [-0.2, 0) is 14.4 Å². The molecule has 1 saturated heterocycles. The van der Waals surface area contributed by atoms with E-state index in [2.05, 4.69) is 5.32 Å². The predicted molar refractivity (Wildman–Crippen MR) is 84.2 cm³/mol. The van der Waals surface area contributed by atoms with E-state index in [-0.39, 0.29) is 47.9 Å². The summed E-state index contributed by atoms with van der Waals surface area (Å²) < 4.78 is 0. The van der Waals surface area contributed by atoms with Crippen molar-refractivity contribution in [3.63, 3.8) is 0 Å². The largest absolute Gasteiger partial charge is 0.325 e. The topological polar surface area (TPSA) is 66.5 Å². The maximum atomic E-state index is 12.5. The number of nitrogens with zero attached hydrogens (tertiary/aromatic N) is 1. The second-order valence-corrected chi connectivity index (χ2v) is 6.68. The summed E-state index contributed by atoms with van der Waals surface area (Å²) in [7, 11) is 0. The Morgan fingerprint density at radius 1 is 1.17 bits per heavy atom. The number of amides is 3. The molecule has 2 bridgehead atoms. The van der Waals surface area contributed by atoms with Crippen LogP contribution in [0.1, 0.15) is 12.0 Å². The summed E-state index contributed by atoms with van der Waals surface area (Å²) in [5.74, 6) is -0.851. The monoisotopic (exact) mass is 310 g/mol. The molecule has 1 N–H and O–H groups in total. The average Bonchev–Trinajstić information content (AvgIpc) is 3.17. The first-order valence-electron chi connectivity index (χ1n) is 7.94. The van der Waals surface area contributed by atoms with Crippen LogP contribution in [0.15, 0.2) is 36.4 Å². The Bertz CT molecular complexity index is 710. The van der Waals surface area contributed by atoms with Gasteiger partial charge in [-0.1, -0.05) is 24.3 Å². The summed E-state index contributed by atoms with van der Waals surface area (Å²) in [5.41, 5.74) is 1.71. The van der Waals surface area contributed by atoms with Crippen molar-refractivity contribution in [2.75, 3.05) is 11.9 Å². The molecular weight excluding hydrogens is 292 g/mol. The number of allylic oxidation sites excluding steroid dienone is 2. The SMILES string of the molecule is Cc1cccc(NC(=O)CN2C(=O)C3C4C=CC(C4)C3C2=O)c1. The van der Waals surface area contributed by atoms with Gasteiger partial charge in [-0.15, -0.1) is 0 Å². The molecule has 0 radical (unpaired) electrons. The number of anilines is 1. The molecule has 5 heteroatoms. The maximum absolute atomic E-state index is 12.5. The summed E-state index contributed by atoms with van der Waals surface area (Å²) >= 11 is 0. The van der Waals surface area contributed by atoms with Crippen LogP contribution in [0.25, 0.3) is 0 Å². The van der Waals surface area contributed by atoms with Gasteiger partial charge in [-0.25, -0.2) is 0 Å². The lowest BCUT2D eigenvalue weighted by molar-refractivity contribution is -0.143. The van der Waals surface area contributed by atoms with Crippen molar-refractivity contribution in [2.24, 2.45) is 23.7 Å². The Kier molecular flexibility index (Phi) is 3.11. The number of carbonyl (C=O) groups excluding carboxylic acids is 3. The average molecular weight is 310 g/mol. The molecular formula is C18H18N2O3. The number of imide groups is 1. The fourth-order valence-corrected chi connectivity index (χ4v) is 4.19. The molecule has 118 valence electrons. The number of likely N-dealkylation sites (tertiary alicyclic amines) is 1. The molecule has 1 aromatic rings. The minimum atomic E-state index is -0.336. The third kappa shape index (κ3) is 2.19. The first kappa shape index (κ1) is 14.2. The van der Waals surface area contributed by atoms with E-state index >= 15 is 0 Å². The van der Waals surface area contributed by atoms with Crippen molar-refractivity contribution >= 4 is 23.4 Å². The zero-order chi connectivity index (χ0) is 16.1. The van der Waals surface area contributed by atoms with Crippen molar-refractivity contribution < 1.29 is 14.4 Å². The number of carbonyl (C=O) groups is 3. The lowest BCUT2D eigenvalue weighted by atomic mass is 9.85. The number of hydrogen-bond acceptors (Lipinski definition) is 3. The van der Waals surface area contributed by atoms with Crippen LogP contribution in [0.3, 0.4) is 0 Å². The van der Waals surface area contributed by atoms with E-state index in [1.165, 1.54) is 0 Å². The van der Waals surface area contributed by atoms with E-state index in [4.69, 9.17) is 0 Å². The molecule has 3 amide bonds. The molecule has 0 aromatic heterocycles. The summed E-state index contributed by atoms with van der Waals surface area (Å²) in [5, 5.41) is 2.75. The molecule has 1 heterocycles. The number of rotatable bonds is 3. The molecule has 2 aliphatic carbocycles. The molecule has 1 aliphatic heterocycles. The minimum Gasteiger partial charge on any atom is -0.325 e. The Hall–Kier alpha value is -2.43. The molecule has 5 nitrogen and oxygen atoms in total. The van der Waals surface area contributed by atoms with Gasteiger partial charge in [0.25, 0.3) is 0 Å². The Morgan fingerprint density at radius 3 is 2.43 bits per heavy atom. The van der Waals surface area contributed by atoms with Gasteiger partial charge in [0, 0.05) is 5.69 Å². The van der Waals surface area contributed by atoms with Gasteiger partial charge in [-0.3, -0.25) is 19.3 Å². The fraction of sp³-hybridized carbons (Fsp3) is 0.389. The summed E-state index contributed by atoms with van der Waals surface area (Å²) in [4.78, 5) is 38.4. The first-order chi connectivity index (χ1) is 11.0. The molecule has 4 unspecified atom stereocenters. The highest BCUT2D eigenvalue weighted by Crippen LogP contribution is 2.52. The summed E-state index contributed by atoms with van der Waals surface area (Å²) in [6.45, 7) is 1.74. The second kappa shape index (κ2) is 5.05. The number of fused-ring (bicyclic) bond motifs is 5. The number of hydrogen-bond donors (Lipinski definition) is 1. The van der Waals surface area contributed by atoms with Crippen molar-refractivity contribution in [3.05, 3.63) is 42.0 Å². The Morgan fingerprint density at radius 2 is 1.83 bits per heavy atom. The van der Waals surface area contributed by atoms with E-state index in [1.54, 1.807) is 6.07 Å². The Balaban J connectivity index is 1.46. The van der Waals surface area contributed by atoms with Gasteiger partial charge >= 0.3 is 0 Å². The highest BCUT2D eigenvalue weighted by molar-refractivity contribution is 6.09. The minimum absolute atomic E-state index is 0.172. The van der Waals surface area contributed by atoms with Gasteiger partial charge in [0.2, 0.25) is 17.7 Å². The van der Waals surface area contributed by atoms with Gasteiger partial charge < -0.3 is 5.32 Å². The van der Waals surface area contributed by atoms with Crippen LogP contribution >= 0.6 is 0 Å². The highest BCUT2D eigenvalue weighted by atomic mass is 16.2. The summed E-state index contributed by atoms with van der Waals surface area (Å²) in [6.07, 6.45) is 5.00. The van der Waals surface area contributed by atoms with E-state index in [0.717, 1.165) is 16.9 Å². The van der Waals surface area contributed by atoms with E-state index in [9.17, 15) is 14.4 Å². The van der Waals surface area contributed by atoms with Crippen LogP contribution in [0.2, 0.25) is 0 Å². The molecule has 1 saturated carbocycles. The van der Waals surface area contributed by atoms with Gasteiger partial charge in [-0.05, 0) is 42.9 Å². The highest BCUT2D eigenvalue weighted by Gasteiger charge is 2.59. The van der Waals surface area contributed by atoms with Gasteiger partial charge in [0.05, 0.1) is 11.8 Å². The van der Waals surface area contributed by atoms with Crippen molar-refractivity contribution in [3.8, 4) is 0 Å². The molecule has 0 spiro atoms. The van der Waals surface area contributed by atoms with Crippen molar-refractivity contribution in [1.29, 1.82) is 0 Å². The van der Waals surface area contributed by atoms with Gasteiger partial charge in [0.1, 0.15) is 6.54 Å². The molecule has 3 aliphatic rings. The molecule has 23 heavy (non-hydrogen) atoms. The normalized spacial score (nSPS) is 30.9. The van der Waals surface area contributed by atoms with E-state index in [1.807, 2.05) is 37.3 Å².